The summed E-state index contributed by atoms with van der Waals surface area (Å²) in [7, 11) is -3.67. The van der Waals surface area contributed by atoms with Gasteiger partial charge in [0.2, 0.25) is 15.9 Å². The number of nitrogens with one attached hydrogen (secondary N) is 1. The van der Waals surface area contributed by atoms with Crippen molar-refractivity contribution >= 4 is 33.2 Å². The third kappa shape index (κ3) is 4.99. The topological polar surface area (TPSA) is 66.5 Å². The molecule has 2 aromatic carbocycles. The van der Waals surface area contributed by atoms with Gasteiger partial charge in [-0.25, -0.2) is 8.42 Å². The van der Waals surface area contributed by atoms with E-state index >= 15 is 0 Å². The van der Waals surface area contributed by atoms with Crippen LogP contribution in [-0.4, -0.2) is 26.6 Å². The molecule has 2 aromatic rings. The van der Waals surface area contributed by atoms with Crippen molar-refractivity contribution in [3.63, 3.8) is 0 Å². The number of amides is 1. The average molecular weight is 395 g/mol. The molecule has 1 amide bonds. The summed E-state index contributed by atoms with van der Waals surface area (Å²) in [5.74, 6) is -0.386. The Balaban J connectivity index is 2.23. The molecule has 0 bridgehead atoms. The molecule has 5 nitrogen and oxygen atoms in total. The summed E-state index contributed by atoms with van der Waals surface area (Å²) in [4.78, 5) is 12.7. The number of sulfonamides is 1. The Morgan fingerprint density at radius 2 is 1.73 bits per heavy atom. The lowest BCUT2D eigenvalue weighted by atomic mass is 10.1. The minimum Gasteiger partial charge on any atom is -0.348 e. The number of anilines is 1. The molecule has 0 aliphatic carbocycles. The summed E-state index contributed by atoms with van der Waals surface area (Å²) in [6, 6.07) is 13.1. The van der Waals surface area contributed by atoms with Crippen LogP contribution in [0.25, 0.3) is 0 Å². The fraction of sp³-hybridized carbons (Fsp3) is 0.316. The summed E-state index contributed by atoms with van der Waals surface area (Å²) in [5, 5.41) is 3.27. The second-order valence-corrected chi connectivity index (χ2v) is 8.65. The van der Waals surface area contributed by atoms with Gasteiger partial charge in [0.15, 0.2) is 0 Å². The smallest absolute Gasteiger partial charge is 0.244 e. The monoisotopic (exact) mass is 394 g/mol. The highest BCUT2D eigenvalue weighted by Gasteiger charge is 2.30. The SMILES string of the molecule is Cc1ccc(C(C)NC(=O)C(C)N(c2cccc(Cl)c2)S(C)(=O)=O)cc1. The first-order chi connectivity index (χ1) is 12.1. The highest BCUT2D eigenvalue weighted by molar-refractivity contribution is 7.92. The van der Waals surface area contributed by atoms with Crippen molar-refractivity contribution in [2.45, 2.75) is 32.9 Å². The molecule has 2 atom stereocenters. The van der Waals surface area contributed by atoms with Crippen LogP contribution < -0.4 is 9.62 Å². The lowest BCUT2D eigenvalue weighted by Gasteiger charge is -2.29. The van der Waals surface area contributed by atoms with Crippen molar-refractivity contribution in [3.8, 4) is 0 Å². The van der Waals surface area contributed by atoms with Gasteiger partial charge in [-0.15, -0.1) is 0 Å². The number of rotatable bonds is 6. The minimum absolute atomic E-state index is 0.244. The zero-order valence-corrected chi connectivity index (χ0v) is 16.8. The van der Waals surface area contributed by atoms with E-state index in [4.69, 9.17) is 11.6 Å². The number of carbonyl (C=O) groups is 1. The Kier molecular flexibility index (Phi) is 6.31. The molecule has 0 aromatic heterocycles. The number of carbonyl (C=O) groups excluding carboxylic acids is 1. The molecule has 7 heteroatoms. The normalized spacial score (nSPS) is 13.7. The molecular formula is C19H23ClN2O3S. The van der Waals surface area contributed by atoms with Crippen LogP contribution in [0.5, 0.6) is 0 Å². The maximum Gasteiger partial charge on any atom is 0.244 e. The largest absolute Gasteiger partial charge is 0.348 e. The third-order valence-corrected chi connectivity index (χ3v) is 5.56. The highest BCUT2D eigenvalue weighted by atomic mass is 35.5. The van der Waals surface area contributed by atoms with Crippen molar-refractivity contribution < 1.29 is 13.2 Å². The van der Waals surface area contributed by atoms with Crippen LogP contribution in [0.15, 0.2) is 48.5 Å². The molecule has 0 spiro atoms. The molecular weight excluding hydrogens is 372 g/mol. The van der Waals surface area contributed by atoms with Gasteiger partial charge in [0.1, 0.15) is 6.04 Å². The first kappa shape index (κ1) is 20.3. The van der Waals surface area contributed by atoms with E-state index in [1.54, 1.807) is 25.1 Å². The number of nitrogens with zero attached hydrogens (tertiary/aromatic N) is 1. The Hall–Kier alpha value is -2.05. The maximum atomic E-state index is 12.7. The van der Waals surface area contributed by atoms with Crippen LogP contribution in [0.3, 0.4) is 0 Å². The predicted octanol–water partition coefficient (Wildman–Crippen LogP) is 3.68. The molecule has 0 aliphatic rings. The third-order valence-electron chi connectivity index (χ3n) is 4.09. The summed E-state index contributed by atoms with van der Waals surface area (Å²) in [6.45, 7) is 5.41. The number of hydrogen-bond acceptors (Lipinski definition) is 3. The average Bonchev–Trinajstić information content (AvgIpc) is 2.54. The number of hydrogen-bond donors (Lipinski definition) is 1. The molecule has 0 saturated heterocycles. The molecule has 140 valence electrons. The first-order valence-electron chi connectivity index (χ1n) is 8.21. The summed E-state index contributed by atoms with van der Waals surface area (Å²) >= 11 is 5.98. The summed E-state index contributed by atoms with van der Waals surface area (Å²) < 4.78 is 25.6. The Morgan fingerprint density at radius 1 is 1.12 bits per heavy atom. The quantitative estimate of drug-likeness (QED) is 0.812. The minimum atomic E-state index is -3.67. The van der Waals surface area contributed by atoms with E-state index in [1.165, 1.54) is 6.07 Å². The summed E-state index contributed by atoms with van der Waals surface area (Å²) in [5.41, 5.74) is 2.43. The van der Waals surface area contributed by atoms with Gasteiger partial charge in [-0.05, 0) is 44.5 Å². The second-order valence-electron chi connectivity index (χ2n) is 6.36. The molecule has 2 rings (SSSR count). The lowest BCUT2D eigenvalue weighted by molar-refractivity contribution is -0.122. The van der Waals surface area contributed by atoms with Crippen LogP contribution in [0.4, 0.5) is 5.69 Å². The molecule has 1 N–H and O–H groups in total. The van der Waals surface area contributed by atoms with Gasteiger partial charge < -0.3 is 5.32 Å². The molecule has 0 fully saturated rings. The molecule has 0 aliphatic heterocycles. The Labute approximate surface area is 160 Å². The van der Waals surface area contributed by atoms with Gasteiger partial charge in [0.05, 0.1) is 18.0 Å². The van der Waals surface area contributed by atoms with Crippen LogP contribution in [0.2, 0.25) is 5.02 Å². The van der Waals surface area contributed by atoms with Gasteiger partial charge in [-0.1, -0.05) is 47.5 Å². The maximum absolute atomic E-state index is 12.7. The molecule has 0 saturated carbocycles. The highest BCUT2D eigenvalue weighted by Crippen LogP contribution is 2.24. The van der Waals surface area contributed by atoms with E-state index in [2.05, 4.69) is 5.32 Å². The Bertz CT molecular complexity index is 882. The van der Waals surface area contributed by atoms with Gasteiger partial charge >= 0.3 is 0 Å². The van der Waals surface area contributed by atoms with Crippen LogP contribution >= 0.6 is 11.6 Å². The predicted molar refractivity (Wildman–Crippen MR) is 106 cm³/mol. The fourth-order valence-corrected chi connectivity index (χ4v) is 4.05. The standard InChI is InChI=1S/C19H23ClN2O3S/c1-13-8-10-16(11-9-13)14(2)21-19(23)15(3)22(26(4,24)25)18-7-5-6-17(20)12-18/h5-12,14-15H,1-4H3,(H,21,23). The fourth-order valence-electron chi connectivity index (χ4n) is 2.69. The van der Waals surface area contributed by atoms with E-state index < -0.39 is 16.1 Å². The van der Waals surface area contributed by atoms with Gasteiger partial charge in [-0.2, -0.15) is 0 Å². The summed E-state index contributed by atoms with van der Waals surface area (Å²) in [6.07, 6.45) is 1.07. The van der Waals surface area contributed by atoms with E-state index in [0.717, 1.165) is 21.7 Å². The van der Waals surface area contributed by atoms with E-state index in [-0.39, 0.29) is 11.9 Å². The first-order valence-corrected chi connectivity index (χ1v) is 10.4. The van der Waals surface area contributed by atoms with Crippen LogP contribution in [0, 0.1) is 6.92 Å². The van der Waals surface area contributed by atoms with Crippen molar-refractivity contribution in [1.82, 2.24) is 5.32 Å². The Morgan fingerprint density at radius 3 is 2.27 bits per heavy atom. The zero-order chi connectivity index (χ0) is 19.5. The van der Waals surface area contributed by atoms with Crippen molar-refractivity contribution in [2.75, 3.05) is 10.6 Å². The van der Waals surface area contributed by atoms with Crippen molar-refractivity contribution in [3.05, 3.63) is 64.7 Å². The molecule has 26 heavy (non-hydrogen) atoms. The number of benzene rings is 2. The van der Waals surface area contributed by atoms with Gasteiger partial charge in [0.25, 0.3) is 0 Å². The second kappa shape index (κ2) is 8.10. The van der Waals surface area contributed by atoms with E-state index in [0.29, 0.717) is 10.7 Å². The molecule has 2 unspecified atom stereocenters. The van der Waals surface area contributed by atoms with Crippen LogP contribution in [-0.2, 0) is 14.8 Å². The molecule has 0 radical (unpaired) electrons. The zero-order valence-electron chi connectivity index (χ0n) is 15.2. The van der Waals surface area contributed by atoms with Crippen LogP contribution in [0.1, 0.15) is 31.0 Å². The van der Waals surface area contributed by atoms with Crippen molar-refractivity contribution in [1.29, 1.82) is 0 Å². The van der Waals surface area contributed by atoms with Gasteiger partial charge in [-0.3, -0.25) is 9.10 Å². The lowest BCUT2D eigenvalue weighted by Crippen LogP contribution is -2.48. The van der Waals surface area contributed by atoms with E-state index in [9.17, 15) is 13.2 Å². The molecule has 0 heterocycles. The van der Waals surface area contributed by atoms with E-state index in [1.807, 2.05) is 38.1 Å². The van der Waals surface area contributed by atoms with Gasteiger partial charge in [0, 0.05) is 5.02 Å². The van der Waals surface area contributed by atoms with Crippen molar-refractivity contribution in [2.24, 2.45) is 0 Å². The number of aryl methyl sites for hydroxylation is 1. The number of halogens is 1.